The van der Waals surface area contributed by atoms with Crippen LogP contribution < -0.4 is 0 Å². The molecule has 0 saturated carbocycles. The van der Waals surface area contributed by atoms with Crippen molar-refractivity contribution in [2.45, 2.75) is 6.18 Å². The quantitative estimate of drug-likeness (QED) is 0.483. The lowest BCUT2D eigenvalue weighted by Crippen LogP contribution is -2.08. The van der Waals surface area contributed by atoms with E-state index < -0.39 is 38.9 Å². The molecule has 0 atom stereocenters. The molecule has 0 fully saturated rings. The fraction of sp³-hybridized carbons (Fsp3) is 0.0769. The molecule has 0 radical (unpaired) electrons. The van der Waals surface area contributed by atoms with Crippen molar-refractivity contribution in [3.63, 3.8) is 0 Å². The van der Waals surface area contributed by atoms with Crippen molar-refractivity contribution in [1.82, 2.24) is 4.98 Å². The zero-order valence-corrected chi connectivity index (χ0v) is 11.4. The van der Waals surface area contributed by atoms with Crippen LogP contribution in [-0.4, -0.2) is 15.1 Å². The van der Waals surface area contributed by atoms with E-state index in [9.17, 15) is 28.1 Å². The third-order valence-electron chi connectivity index (χ3n) is 2.79. The zero-order valence-electron chi connectivity index (χ0n) is 10.6. The first kappa shape index (κ1) is 15.9. The molecule has 0 spiro atoms. The number of rotatable bonds is 3. The topological polar surface area (TPSA) is 73.1 Å². The Morgan fingerprint density at radius 2 is 1.95 bits per heavy atom. The Labute approximate surface area is 126 Å². The molecule has 2 rings (SSSR count). The van der Waals surface area contributed by atoms with Gasteiger partial charge in [-0.25, -0.2) is 0 Å². The van der Waals surface area contributed by atoms with Gasteiger partial charge in [0.05, 0.1) is 16.2 Å². The summed E-state index contributed by atoms with van der Waals surface area (Å²) in [5, 5.41) is 9.87. The molecule has 2 aromatic rings. The van der Waals surface area contributed by atoms with E-state index in [4.69, 9.17) is 11.6 Å². The van der Waals surface area contributed by atoms with E-state index in [2.05, 4.69) is 4.98 Å². The molecule has 1 aromatic heterocycles. The van der Waals surface area contributed by atoms with Crippen LogP contribution in [0.25, 0.3) is 11.3 Å². The minimum absolute atomic E-state index is 0.138. The monoisotopic (exact) mass is 330 g/mol. The van der Waals surface area contributed by atoms with Gasteiger partial charge in [-0.2, -0.15) is 13.2 Å². The maximum Gasteiger partial charge on any atom is 0.418 e. The van der Waals surface area contributed by atoms with E-state index in [0.29, 0.717) is 0 Å². The van der Waals surface area contributed by atoms with Gasteiger partial charge < -0.3 is 0 Å². The van der Waals surface area contributed by atoms with E-state index in [-0.39, 0.29) is 5.56 Å². The van der Waals surface area contributed by atoms with Crippen molar-refractivity contribution in [1.29, 1.82) is 0 Å². The summed E-state index contributed by atoms with van der Waals surface area (Å²) in [4.78, 5) is 24.8. The highest BCUT2D eigenvalue weighted by Gasteiger charge is 2.34. The van der Waals surface area contributed by atoms with Crippen LogP contribution in [0.3, 0.4) is 0 Å². The fourth-order valence-electron chi connectivity index (χ4n) is 1.86. The average molecular weight is 331 g/mol. The number of nitro groups is 1. The molecule has 0 aliphatic carbocycles. The Kier molecular flexibility index (Phi) is 4.14. The lowest BCUT2D eigenvalue weighted by Gasteiger charge is -2.11. The summed E-state index contributed by atoms with van der Waals surface area (Å²) in [5.41, 5.74) is -2.72. The third-order valence-corrected chi connectivity index (χ3v) is 3.00. The predicted molar refractivity (Wildman–Crippen MR) is 71.5 cm³/mol. The minimum atomic E-state index is -4.67. The van der Waals surface area contributed by atoms with Gasteiger partial charge >= 0.3 is 6.18 Å². The standard InChI is InChI=1S/C13H6ClF3N2O3/c14-12(20)8-4-3-7(6-10(8)19(21)22)11-9(13(15,16)17)2-1-5-18-11/h1-6H. The van der Waals surface area contributed by atoms with Crippen molar-refractivity contribution < 1.29 is 22.9 Å². The van der Waals surface area contributed by atoms with Crippen LogP contribution in [0.5, 0.6) is 0 Å². The molecule has 0 saturated heterocycles. The van der Waals surface area contributed by atoms with Crippen molar-refractivity contribution >= 4 is 22.5 Å². The highest BCUT2D eigenvalue weighted by atomic mass is 35.5. The smallest absolute Gasteiger partial charge is 0.275 e. The summed E-state index contributed by atoms with van der Waals surface area (Å²) in [5.74, 6) is 0. The second-order valence-corrected chi connectivity index (χ2v) is 4.50. The molecule has 22 heavy (non-hydrogen) atoms. The summed E-state index contributed by atoms with van der Waals surface area (Å²) >= 11 is 5.22. The van der Waals surface area contributed by atoms with Gasteiger partial charge in [0, 0.05) is 17.8 Å². The first-order valence-corrected chi connectivity index (χ1v) is 6.10. The molecule has 0 N–H and O–H groups in total. The molecule has 0 bridgehead atoms. The largest absolute Gasteiger partial charge is 0.418 e. The molecular weight excluding hydrogens is 325 g/mol. The molecule has 0 aliphatic heterocycles. The molecule has 9 heteroatoms. The number of nitro benzene ring substituents is 1. The second-order valence-electron chi connectivity index (χ2n) is 4.16. The van der Waals surface area contributed by atoms with Gasteiger partial charge in [-0.3, -0.25) is 19.9 Å². The van der Waals surface area contributed by atoms with Gasteiger partial charge in [0.2, 0.25) is 0 Å². The Bertz CT molecular complexity index is 762. The second kappa shape index (κ2) is 5.72. The normalized spacial score (nSPS) is 11.3. The summed E-state index contributed by atoms with van der Waals surface area (Å²) < 4.78 is 38.9. The number of nitrogens with zero attached hydrogens (tertiary/aromatic N) is 2. The molecule has 5 nitrogen and oxygen atoms in total. The van der Waals surface area contributed by atoms with Crippen molar-refractivity contribution in [2.75, 3.05) is 0 Å². The summed E-state index contributed by atoms with van der Waals surface area (Å²) in [6, 6.07) is 4.89. The maximum atomic E-state index is 13.0. The van der Waals surface area contributed by atoms with E-state index in [1.807, 2.05) is 0 Å². The van der Waals surface area contributed by atoms with Crippen LogP contribution in [0.4, 0.5) is 18.9 Å². The number of pyridine rings is 1. The van der Waals surface area contributed by atoms with Gasteiger partial charge in [-0.05, 0) is 29.8 Å². The average Bonchev–Trinajstić information content (AvgIpc) is 2.45. The molecule has 1 aromatic carbocycles. The van der Waals surface area contributed by atoms with E-state index >= 15 is 0 Å². The maximum absolute atomic E-state index is 13.0. The number of benzene rings is 1. The molecule has 0 amide bonds. The van der Waals surface area contributed by atoms with Crippen LogP contribution >= 0.6 is 11.6 Å². The van der Waals surface area contributed by atoms with Gasteiger partial charge in [0.1, 0.15) is 5.56 Å². The van der Waals surface area contributed by atoms with E-state index in [1.165, 1.54) is 0 Å². The van der Waals surface area contributed by atoms with E-state index in [1.54, 1.807) is 0 Å². The molecule has 114 valence electrons. The number of hydrogen-bond acceptors (Lipinski definition) is 4. The number of halogens is 4. The van der Waals surface area contributed by atoms with Crippen LogP contribution in [0, 0.1) is 10.1 Å². The third kappa shape index (κ3) is 3.06. The number of hydrogen-bond donors (Lipinski definition) is 0. The SMILES string of the molecule is O=C(Cl)c1ccc(-c2ncccc2C(F)(F)F)cc1[N+](=O)[O-]. The van der Waals surface area contributed by atoms with E-state index in [0.717, 1.165) is 36.5 Å². The fourth-order valence-corrected chi connectivity index (χ4v) is 2.02. The first-order valence-electron chi connectivity index (χ1n) is 5.72. The molecular formula is C13H6ClF3N2O3. The summed E-state index contributed by atoms with van der Waals surface area (Å²) in [6.45, 7) is 0. The highest BCUT2D eigenvalue weighted by molar-refractivity contribution is 6.68. The molecule has 0 unspecified atom stereocenters. The highest BCUT2D eigenvalue weighted by Crippen LogP contribution is 2.37. The Balaban J connectivity index is 2.68. The Morgan fingerprint density at radius 1 is 1.27 bits per heavy atom. The lowest BCUT2D eigenvalue weighted by atomic mass is 10.0. The summed E-state index contributed by atoms with van der Waals surface area (Å²) in [7, 11) is 0. The number of carbonyl (C=O) groups is 1. The Morgan fingerprint density at radius 3 is 2.50 bits per heavy atom. The summed E-state index contributed by atoms with van der Waals surface area (Å²) in [6.07, 6.45) is -3.53. The number of alkyl halides is 3. The van der Waals surface area contributed by atoms with Gasteiger partial charge in [0.25, 0.3) is 10.9 Å². The number of carbonyl (C=O) groups excluding carboxylic acids is 1. The lowest BCUT2D eigenvalue weighted by molar-refractivity contribution is -0.385. The van der Waals surface area contributed by atoms with Crippen molar-refractivity contribution in [3.05, 3.63) is 57.8 Å². The van der Waals surface area contributed by atoms with Crippen LogP contribution in [0.1, 0.15) is 15.9 Å². The van der Waals surface area contributed by atoms with Gasteiger partial charge in [-0.1, -0.05) is 6.07 Å². The van der Waals surface area contributed by atoms with Crippen LogP contribution in [-0.2, 0) is 6.18 Å². The first-order chi connectivity index (χ1) is 10.2. The van der Waals surface area contributed by atoms with Crippen molar-refractivity contribution in [3.8, 4) is 11.3 Å². The van der Waals surface area contributed by atoms with Gasteiger partial charge in [-0.15, -0.1) is 0 Å². The zero-order chi connectivity index (χ0) is 16.5. The van der Waals surface area contributed by atoms with Crippen LogP contribution in [0.15, 0.2) is 36.5 Å². The molecule has 1 heterocycles. The number of aromatic nitrogens is 1. The van der Waals surface area contributed by atoms with Crippen molar-refractivity contribution in [2.24, 2.45) is 0 Å². The molecule has 0 aliphatic rings. The van der Waals surface area contributed by atoms with Crippen LogP contribution in [0.2, 0.25) is 0 Å². The Hall–Kier alpha value is -2.48. The predicted octanol–water partition coefficient (Wildman–Crippen LogP) is 4.05. The minimum Gasteiger partial charge on any atom is -0.275 e. The van der Waals surface area contributed by atoms with Gasteiger partial charge in [0.15, 0.2) is 0 Å².